The van der Waals surface area contributed by atoms with Crippen molar-refractivity contribution in [2.45, 2.75) is 32.0 Å². The molecule has 6 nitrogen and oxygen atoms in total. The fourth-order valence-corrected chi connectivity index (χ4v) is 3.30. The molecule has 0 aromatic carbocycles. The minimum absolute atomic E-state index is 0.0678. The largest absolute Gasteiger partial charge is 0.452 e. The third kappa shape index (κ3) is 5.25. The Hall–Kier alpha value is -1.13. The number of rotatable bonds is 6. The van der Waals surface area contributed by atoms with Gasteiger partial charge in [-0.25, -0.2) is 13.1 Å². The van der Waals surface area contributed by atoms with Crippen LogP contribution in [0.15, 0.2) is 10.6 Å². The Morgan fingerprint density at radius 2 is 2.00 bits per heavy atom. The Morgan fingerprint density at radius 1 is 1.32 bits per heavy atom. The number of ether oxygens (including phenoxy) is 1. The lowest BCUT2D eigenvalue weighted by molar-refractivity contribution is -0.155. The molecular formula is C12H17F3N2O4S. The van der Waals surface area contributed by atoms with Crippen LogP contribution in [0.2, 0.25) is 0 Å². The molecule has 1 aliphatic heterocycles. The van der Waals surface area contributed by atoms with Gasteiger partial charge in [0, 0.05) is 19.3 Å². The number of hydrogen-bond acceptors (Lipinski definition) is 5. The molecule has 1 fully saturated rings. The van der Waals surface area contributed by atoms with Gasteiger partial charge >= 0.3 is 6.18 Å². The highest BCUT2D eigenvalue weighted by molar-refractivity contribution is 7.89. The lowest BCUT2D eigenvalue weighted by atomic mass is 9.98. The summed E-state index contributed by atoms with van der Waals surface area (Å²) in [4.78, 5) is 0. The second-order valence-corrected chi connectivity index (χ2v) is 7.09. The molecule has 0 amide bonds. The molecule has 1 saturated heterocycles. The van der Waals surface area contributed by atoms with E-state index in [0.29, 0.717) is 31.6 Å². The number of hydrogen-bond donors (Lipinski definition) is 1. The Balaban J connectivity index is 1.80. The van der Waals surface area contributed by atoms with Gasteiger partial charge in [0.15, 0.2) is 0 Å². The van der Waals surface area contributed by atoms with Crippen molar-refractivity contribution in [1.29, 1.82) is 0 Å². The maximum Gasteiger partial charge on any atom is 0.452 e. The number of halogens is 3. The van der Waals surface area contributed by atoms with Gasteiger partial charge in [-0.2, -0.15) is 13.2 Å². The smallest absolute Gasteiger partial charge is 0.381 e. The molecule has 1 aromatic heterocycles. The Bertz CT molecular complexity index is 579. The van der Waals surface area contributed by atoms with Crippen LogP contribution in [0.3, 0.4) is 0 Å². The predicted molar refractivity (Wildman–Crippen MR) is 70.3 cm³/mol. The molecule has 22 heavy (non-hydrogen) atoms. The van der Waals surface area contributed by atoms with E-state index in [1.165, 1.54) is 0 Å². The topological polar surface area (TPSA) is 81.4 Å². The highest BCUT2D eigenvalue weighted by Gasteiger charge is 2.36. The molecular weight excluding hydrogens is 325 g/mol. The SMILES string of the molecule is O=S(=O)(CCC1CCOCC1)NCc1cc(C(F)(F)F)on1. The van der Waals surface area contributed by atoms with E-state index in [1.807, 2.05) is 0 Å². The molecule has 1 aromatic rings. The van der Waals surface area contributed by atoms with Gasteiger partial charge in [-0.05, 0) is 25.2 Å². The van der Waals surface area contributed by atoms with Crippen molar-refractivity contribution in [3.8, 4) is 0 Å². The standard InChI is InChI=1S/C12H17F3N2O4S/c13-12(14,15)11-7-10(17-21-11)8-16-22(18,19)6-3-9-1-4-20-5-2-9/h7,9,16H,1-6,8H2. The maximum absolute atomic E-state index is 12.3. The van der Waals surface area contributed by atoms with Crippen molar-refractivity contribution < 1.29 is 30.8 Å². The first-order valence-corrected chi connectivity index (χ1v) is 8.49. The third-order valence-electron chi connectivity index (χ3n) is 3.45. The van der Waals surface area contributed by atoms with Crippen LogP contribution >= 0.6 is 0 Å². The van der Waals surface area contributed by atoms with E-state index in [4.69, 9.17) is 4.74 Å². The summed E-state index contributed by atoms with van der Waals surface area (Å²) in [5.41, 5.74) is -0.109. The first-order valence-electron chi connectivity index (χ1n) is 6.84. The van der Waals surface area contributed by atoms with E-state index in [1.54, 1.807) is 0 Å². The minimum Gasteiger partial charge on any atom is -0.381 e. The van der Waals surface area contributed by atoms with Crippen LogP contribution in [0, 0.1) is 5.92 Å². The monoisotopic (exact) mass is 342 g/mol. The van der Waals surface area contributed by atoms with Gasteiger partial charge in [0.2, 0.25) is 15.8 Å². The van der Waals surface area contributed by atoms with Crippen molar-refractivity contribution in [3.05, 3.63) is 17.5 Å². The molecule has 0 bridgehead atoms. The summed E-state index contributed by atoms with van der Waals surface area (Å²) in [6.45, 7) is 0.949. The molecule has 1 aliphatic rings. The number of aromatic nitrogens is 1. The van der Waals surface area contributed by atoms with Gasteiger partial charge in [0.1, 0.15) is 0 Å². The first-order chi connectivity index (χ1) is 10.3. The van der Waals surface area contributed by atoms with Gasteiger partial charge in [0.05, 0.1) is 18.0 Å². The van der Waals surface area contributed by atoms with E-state index >= 15 is 0 Å². The van der Waals surface area contributed by atoms with E-state index in [9.17, 15) is 21.6 Å². The zero-order valence-electron chi connectivity index (χ0n) is 11.7. The summed E-state index contributed by atoms with van der Waals surface area (Å²) in [5.74, 6) is -1.01. The summed E-state index contributed by atoms with van der Waals surface area (Å²) in [6, 6.07) is 0.682. The van der Waals surface area contributed by atoms with Crippen molar-refractivity contribution in [2.24, 2.45) is 5.92 Å². The van der Waals surface area contributed by atoms with Crippen LogP contribution in [0.1, 0.15) is 30.7 Å². The Morgan fingerprint density at radius 3 is 2.59 bits per heavy atom. The second-order valence-electron chi connectivity index (χ2n) is 5.16. The highest BCUT2D eigenvalue weighted by Crippen LogP contribution is 2.29. The fraction of sp³-hybridized carbons (Fsp3) is 0.750. The molecule has 0 aliphatic carbocycles. The van der Waals surface area contributed by atoms with Crippen LogP contribution in [0.4, 0.5) is 13.2 Å². The van der Waals surface area contributed by atoms with Crippen LogP contribution < -0.4 is 4.72 Å². The van der Waals surface area contributed by atoms with Crippen molar-refractivity contribution in [1.82, 2.24) is 9.88 Å². The molecule has 0 atom stereocenters. The zero-order valence-corrected chi connectivity index (χ0v) is 12.5. The van der Waals surface area contributed by atoms with Crippen LogP contribution in [0.5, 0.6) is 0 Å². The Labute approximate surface area is 126 Å². The van der Waals surface area contributed by atoms with E-state index in [-0.39, 0.29) is 18.0 Å². The molecule has 0 unspecified atom stereocenters. The van der Waals surface area contributed by atoms with Gasteiger partial charge in [-0.3, -0.25) is 0 Å². The average molecular weight is 342 g/mol. The van der Waals surface area contributed by atoms with E-state index < -0.39 is 22.0 Å². The number of nitrogens with one attached hydrogen (secondary N) is 1. The molecule has 0 radical (unpaired) electrons. The summed E-state index contributed by atoms with van der Waals surface area (Å²) in [6.07, 6.45) is -2.47. The molecule has 0 saturated carbocycles. The number of alkyl halides is 3. The van der Waals surface area contributed by atoms with E-state index in [2.05, 4.69) is 14.4 Å². The first kappa shape index (κ1) is 17.2. The van der Waals surface area contributed by atoms with E-state index in [0.717, 1.165) is 12.8 Å². The number of nitrogens with zero attached hydrogens (tertiary/aromatic N) is 1. The summed E-state index contributed by atoms with van der Waals surface area (Å²) in [5, 5.41) is 3.20. The summed E-state index contributed by atoms with van der Waals surface area (Å²) in [7, 11) is -3.56. The van der Waals surface area contributed by atoms with Crippen LogP contribution in [-0.2, 0) is 27.5 Å². The highest BCUT2D eigenvalue weighted by atomic mass is 32.2. The molecule has 0 spiro atoms. The van der Waals surface area contributed by atoms with Crippen molar-refractivity contribution in [3.63, 3.8) is 0 Å². The third-order valence-corrected chi connectivity index (χ3v) is 4.80. The normalized spacial score (nSPS) is 17.8. The van der Waals surface area contributed by atoms with Gasteiger partial charge < -0.3 is 9.26 Å². The lowest BCUT2D eigenvalue weighted by Gasteiger charge is -2.21. The quantitative estimate of drug-likeness (QED) is 0.854. The van der Waals surface area contributed by atoms with Crippen molar-refractivity contribution >= 4 is 10.0 Å². The molecule has 126 valence electrons. The Kier molecular flexibility index (Phi) is 5.45. The zero-order chi connectivity index (χ0) is 16.2. The second kappa shape index (κ2) is 6.97. The maximum atomic E-state index is 12.3. The van der Waals surface area contributed by atoms with Crippen LogP contribution in [0.25, 0.3) is 0 Å². The average Bonchev–Trinajstić information content (AvgIpc) is 2.94. The van der Waals surface area contributed by atoms with Crippen molar-refractivity contribution in [2.75, 3.05) is 19.0 Å². The van der Waals surface area contributed by atoms with Gasteiger partial charge in [-0.1, -0.05) is 5.16 Å². The summed E-state index contributed by atoms with van der Waals surface area (Å²) >= 11 is 0. The van der Waals surface area contributed by atoms with Gasteiger partial charge in [-0.15, -0.1) is 0 Å². The molecule has 10 heteroatoms. The lowest BCUT2D eigenvalue weighted by Crippen LogP contribution is -2.28. The molecule has 2 heterocycles. The number of sulfonamides is 1. The van der Waals surface area contributed by atoms with Gasteiger partial charge in [0.25, 0.3) is 0 Å². The molecule has 1 N–H and O–H groups in total. The summed E-state index contributed by atoms with van der Waals surface area (Å²) < 4.78 is 72.2. The predicted octanol–water partition coefficient (Wildman–Crippen LogP) is 1.93. The minimum atomic E-state index is -4.63. The molecule has 2 rings (SSSR count). The fourth-order valence-electron chi connectivity index (χ4n) is 2.14. The van der Waals surface area contributed by atoms with Crippen LogP contribution in [-0.4, -0.2) is 32.5 Å².